The third-order valence-corrected chi connectivity index (χ3v) is 22.3. The molecule has 6 aromatic rings. The van der Waals surface area contributed by atoms with Gasteiger partial charge in [-0.15, -0.1) is 45.3 Å². The van der Waals surface area contributed by atoms with Gasteiger partial charge in [0.2, 0.25) is 0 Å². The van der Waals surface area contributed by atoms with Crippen molar-refractivity contribution in [2.75, 3.05) is 0 Å². The summed E-state index contributed by atoms with van der Waals surface area (Å²) in [5, 5.41) is 22.3. The van der Waals surface area contributed by atoms with Gasteiger partial charge in [0.15, 0.2) is 0 Å². The molecule has 80 heavy (non-hydrogen) atoms. The van der Waals surface area contributed by atoms with Gasteiger partial charge in [0.1, 0.15) is 0 Å². The molecule has 0 bridgehead atoms. The van der Waals surface area contributed by atoms with Crippen LogP contribution in [-0.4, -0.2) is 9.13 Å². The number of hydrogen-bond acceptors (Lipinski definition) is 10. The number of hydrogen-bond donors (Lipinski definition) is 0. The average Bonchev–Trinajstić information content (AvgIpc) is 4.14. The minimum absolute atomic E-state index is 0.135. The van der Waals surface area contributed by atoms with Gasteiger partial charge in [0, 0.05) is 36.0 Å². The average molecular weight is 1170 g/mol. The van der Waals surface area contributed by atoms with Gasteiger partial charge in [-0.1, -0.05) is 259 Å². The number of rotatable bonds is 44. The smallest absolute Gasteiger partial charge is 0.262 e. The number of pyridine rings is 2. The standard InChI is InChI=1S/C68H100N4O4S4/c1-5-9-13-17-21-25-27-31-35-39-43-51(41-37-33-29-23-19-15-11-7-3)49-71-65(73)57-55-56-59(63-61(57)77-53(79-63)45-47-69)67(75)72(68(76)60(56)64-62(58(55)66(71)74)78-54(80-64)46-48-70)50-52(42-38-34-30-24-20-16-12-8-4)44-40-36-32-28-26-22-18-14-10-6-2/h45-46,51-52H,5-44,49-50H2,1-4H3. The van der Waals surface area contributed by atoms with E-state index >= 15 is 19.2 Å². The summed E-state index contributed by atoms with van der Waals surface area (Å²) in [5.41, 5.74) is -1.50. The fourth-order valence-corrected chi connectivity index (χ4v) is 17.8. The number of aromatic nitrogens is 2. The van der Waals surface area contributed by atoms with Crippen molar-refractivity contribution >= 4 is 109 Å². The summed E-state index contributed by atoms with van der Waals surface area (Å²) in [5.74, 6) is 0.269. The number of nitriles is 2. The normalized spacial score (nSPS) is 12.7. The maximum Gasteiger partial charge on any atom is 0.262 e. The third kappa shape index (κ3) is 18.7. The van der Waals surface area contributed by atoms with Crippen molar-refractivity contribution < 1.29 is 0 Å². The zero-order valence-corrected chi connectivity index (χ0v) is 53.3. The van der Waals surface area contributed by atoms with E-state index in [2.05, 4.69) is 39.8 Å². The molecule has 440 valence electrons. The first-order valence-corrected chi connectivity index (χ1v) is 35.9. The largest absolute Gasteiger partial charge is 0.274 e. The summed E-state index contributed by atoms with van der Waals surface area (Å²) in [6.07, 6.45) is 51.1. The van der Waals surface area contributed by atoms with Crippen LogP contribution in [0.25, 0.3) is 63.3 Å². The van der Waals surface area contributed by atoms with E-state index in [0.29, 0.717) is 71.9 Å². The maximum atomic E-state index is 15.6. The van der Waals surface area contributed by atoms with Gasteiger partial charge in [-0.05, 0) is 37.5 Å². The fourth-order valence-electron chi connectivity index (χ4n) is 12.7. The van der Waals surface area contributed by atoms with Crippen LogP contribution in [0, 0.1) is 34.5 Å². The molecule has 8 nitrogen and oxygen atoms in total. The lowest BCUT2D eigenvalue weighted by Crippen LogP contribution is -2.38. The van der Waals surface area contributed by atoms with E-state index in [9.17, 15) is 10.5 Å². The van der Waals surface area contributed by atoms with E-state index in [1.54, 1.807) is 0 Å². The highest BCUT2D eigenvalue weighted by Gasteiger charge is 2.30. The van der Waals surface area contributed by atoms with Crippen LogP contribution in [0.2, 0.25) is 0 Å². The molecule has 0 N–H and O–H groups in total. The van der Waals surface area contributed by atoms with Crippen molar-refractivity contribution in [2.45, 2.75) is 298 Å². The highest BCUT2D eigenvalue weighted by molar-refractivity contribution is 7.38. The third-order valence-electron chi connectivity index (χ3n) is 17.3. The summed E-state index contributed by atoms with van der Waals surface area (Å²) in [6, 6.07) is 4.41. The van der Waals surface area contributed by atoms with Crippen LogP contribution >= 0.6 is 45.3 Å². The highest BCUT2D eigenvalue weighted by Crippen LogP contribution is 2.44. The molecule has 0 saturated carbocycles. The maximum absolute atomic E-state index is 15.6. The molecule has 0 aliphatic carbocycles. The van der Waals surface area contributed by atoms with Crippen molar-refractivity contribution in [3.63, 3.8) is 0 Å². The number of fused-ring (bicyclic) bond motifs is 6. The molecule has 0 saturated heterocycles. The lowest BCUT2D eigenvalue weighted by molar-refractivity contribution is 0.350. The lowest BCUT2D eigenvalue weighted by Gasteiger charge is -2.21. The molecule has 4 aromatic heterocycles. The van der Waals surface area contributed by atoms with Crippen molar-refractivity contribution in [2.24, 2.45) is 11.8 Å². The Morgan fingerprint density at radius 2 is 0.525 bits per heavy atom. The Bertz CT molecular complexity index is 2900. The second kappa shape index (κ2) is 36.8. The van der Waals surface area contributed by atoms with E-state index in [4.69, 9.17) is 0 Å². The molecule has 0 amide bonds. The summed E-state index contributed by atoms with van der Waals surface area (Å²) in [4.78, 5) is 62.3. The Balaban J connectivity index is 1.42. The SMILES string of the molecule is CCCCCCCCCCCCC(CCCCCCCCCC)Cn1c(=O)c2c3sc(=CC#N)sc3c3c(=O)n(CC(CCCCCCCCCC)CCCCCCCCCCCC)c(=O)c4c5sc(=CC#N)sc5c(c1=O)c2c34. The fraction of sp³-hybridized carbons (Fsp3) is 0.706. The number of unbranched alkanes of at least 4 members (excludes halogenated alkanes) is 32. The molecule has 6 rings (SSSR count). The van der Waals surface area contributed by atoms with E-state index in [1.165, 1.54) is 246 Å². The molecule has 0 aliphatic heterocycles. The minimum Gasteiger partial charge on any atom is -0.274 e. The van der Waals surface area contributed by atoms with Crippen LogP contribution < -0.4 is 29.9 Å². The van der Waals surface area contributed by atoms with E-state index in [0.717, 1.165) is 77.0 Å². The first-order chi connectivity index (χ1) is 39.2. The zero-order chi connectivity index (χ0) is 56.9. The monoisotopic (exact) mass is 1160 g/mol. The Kier molecular flexibility index (Phi) is 30.1. The van der Waals surface area contributed by atoms with Gasteiger partial charge in [-0.2, -0.15) is 10.5 Å². The van der Waals surface area contributed by atoms with Gasteiger partial charge in [-0.3, -0.25) is 28.3 Å². The molecule has 0 aliphatic rings. The summed E-state index contributed by atoms with van der Waals surface area (Å²) >= 11 is 5.34. The summed E-state index contributed by atoms with van der Waals surface area (Å²) in [7, 11) is 0. The Labute approximate surface area is 495 Å². The molecule has 12 heteroatoms. The summed E-state index contributed by atoms with van der Waals surface area (Å²) < 4.78 is 6.76. The van der Waals surface area contributed by atoms with Crippen molar-refractivity contribution in [3.8, 4) is 12.1 Å². The molecular weight excluding hydrogens is 1070 g/mol. The molecule has 0 radical (unpaired) electrons. The Morgan fingerprint density at radius 3 is 0.725 bits per heavy atom. The molecular formula is C68H100N4O4S4. The van der Waals surface area contributed by atoms with Crippen LogP contribution in [0.4, 0.5) is 0 Å². The Hall–Kier alpha value is -3.68. The van der Waals surface area contributed by atoms with Gasteiger partial charge in [-0.25, -0.2) is 0 Å². The molecule has 2 aromatic carbocycles. The zero-order valence-electron chi connectivity index (χ0n) is 50.1. The molecule has 0 fully saturated rings. The van der Waals surface area contributed by atoms with E-state index < -0.39 is 0 Å². The van der Waals surface area contributed by atoms with Crippen molar-refractivity contribution in [1.29, 1.82) is 10.5 Å². The lowest BCUT2D eigenvalue weighted by atomic mass is 9.92. The second-order valence-corrected chi connectivity index (χ2v) is 28.5. The van der Waals surface area contributed by atoms with Crippen LogP contribution in [0.5, 0.6) is 0 Å². The Morgan fingerprint density at radius 1 is 0.325 bits per heavy atom. The van der Waals surface area contributed by atoms with E-state index in [-0.39, 0.29) is 34.1 Å². The first kappa shape index (κ1) is 65.5. The van der Waals surface area contributed by atoms with Crippen molar-refractivity contribution in [1.82, 2.24) is 9.13 Å². The molecule has 0 spiro atoms. The van der Waals surface area contributed by atoms with Crippen LogP contribution in [-0.2, 0) is 13.1 Å². The number of nitrogens with zero attached hydrogens (tertiary/aromatic N) is 4. The first-order valence-electron chi connectivity index (χ1n) is 32.6. The summed E-state index contributed by atoms with van der Waals surface area (Å²) in [6.45, 7) is 9.65. The van der Waals surface area contributed by atoms with Gasteiger partial charge >= 0.3 is 0 Å². The van der Waals surface area contributed by atoms with Crippen LogP contribution in [0.15, 0.2) is 19.2 Å². The second-order valence-electron chi connectivity index (χ2n) is 23.8. The highest BCUT2D eigenvalue weighted by atomic mass is 32.2. The minimum atomic E-state index is -0.376. The number of benzene rings is 2. The quantitative estimate of drug-likeness (QED) is 0.0277. The van der Waals surface area contributed by atoms with Gasteiger partial charge in [0.05, 0.1) is 60.2 Å². The molecule has 2 atom stereocenters. The van der Waals surface area contributed by atoms with Gasteiger partial charge < -0.3 is 0 Å². The molecule has 4 heterocycles. The predicted octanol–water partition coefficient (Wildman–Crippen LogP) is 19.7. The van der Waals surface area contributed by atoms with E-state index in [1.807, 2.05) is 0 Å². The molecule has 2 unspecified atom stereocenters. The van der Waals surface area contributed by atoms with Crippen LogP contribution in [0.3, 0.4) is 0 Å². The van der Waals surface area contributed by atoms with Crippen molar-refractivity contribution in [3.05, 3.63) is 49.1 Å². The predicted molar refractivity (Wildman–Crippen MR) is 351 cm³/mol. The van der Waals surface area contributed by atoms with Gasteiger partial charge in [0.25, 0.3) is 22.2 Å². The van der Waals surface area contributed by atoms with Crippen LogP contribution in [0.1, 0.15) is 285 Å². The topological polar surface area (TPSA) is 126 Å².